The summed E-state index contributed by atoms with van der Waals surface area (Å²) in [5.74, 6) is -0.00499. The van der Waals surface area contributed by atoms with Crippen LogP contribution in [0.1, 0.15) is 33.4 Å². The highest BCUT2D eigenvalue weighted by Crippen LogP contribution is 2.24. The van der Waals surface area contributed by atoms with Crippen LogP contribution in [0.4, 0.5) is 11.4 Å². The van der Waals surface area contributed by atoms with Gasteiger partial charge in [-0.3, -0.25) is 19.2 Å². The fourth-order valence-corrected chi connectivity index (χ4v) is 4.94. The molecular weight excluding hydrogens is 586 g/mol. The quantitative estimate of drug-likeness (QED) is 0.0816. The minimum absolute atomic E-state index is 0.00396. The van der Waals surface area contributed by atoms with E-state index in [0.717, 1.165) is 10.5 Å². The number of thioether (sulfide) groups is 1. The lowest BCUT2D eigenvalue weighted by atomic mass is 10.1. The lowest BCUT2D eigenvalue weighted by molar-refractivity contribution is -0.114. The van der Waals surface area contributed by atoms with Crippen molar-refractivity contribution in [2.24, 2.45) is 0 Å². The third-order valence-electron chi connectivity index (χ3n) is 6.56. The van der Waals surface area contributed by atoms with E-state index in [-0.39, 0.29) is 23.1 Å². The fraction of sp³-hybridized carbons (Fsp3) is 0.0556. The number of Topliss-reactive ketones (excluding diaryl/α,β-unsaturated/α-hetero) is 1. The third-order valence-corrected chi connectivity index (χ3v) is 7.57. The van der Waals surface area contributed by atoms with Gasteiger partial charge in [-0.25, -0.2) is 0 Å². The minimum Gasteiger partial charge on any atom is -0.457 e. The Labute approximate surface area is 264 Å². The first-order valence-electron chi connectivity index (χ1n) is 14.0. The fourth-order valence-electron chi connectivity index (χ4n) is 4.24. The first-order valence-corrected chi connectivity index (χ1v) is 15.0. The molecule has 9 heteroatoms. The van der Waals surface area contributed by atoms with E-state index in [1.54, 1.807) is 91.0 Å². The predicted octanol–water partition coefficient (Wildman–Crippen LogP) is 7.29. The second-order valence-corrected chi connectivity index (χ2v) is 10.9. The largest absolute Gasteiger partial charge is 0.457 e. The van der Waals surface area contributed by atoms with Gasteiger partial charge in [-0.15, -0.1) is 11.8 Å². The van der Waals surface area contributed by atoms with Gasteiger partial charge in [0.1, 0.15) is 17.2 Å². The van der Waals surface area contributed by atoms with E-state index in [4.69, 9.17) is 4.42 Å². The Hall–Kier alpha value is -5.67. The molecule has 5 aromatic rings. The molecule has 0 bridgehead atoms. The van der Waals surface area contributed by atoms with Crippen LogP contribution in [0, 0.1) is 0 Å². The second kappa shape index (κ2) is 14.7. The van der Waals surface area contributed by atoms with Crippen LogP contribution in [-0.2, 0) is 9.59 Å². The Morgan fingerprint density at radius 2 is 1.31 bits per heavy atom. The van der Waals surface area contributed by atoms with E-state index in [1.807, 2.05) is 30.3 Å². The normalized spacial score (nSPS) is 11.0. The lowest BCUT2D eigenvalue weighted by Gasteiger charge is -2.11. The monoisotopic (exact) mass is 615 g/mol. The molecule has 0 radical (unpaired) electrons. The molecule has 0 spiro atoms. The summed E-state index contributed by atoms with van der Waals surface area (Å²) in [5.41, 5.74) is 2.98. The van der Waals surface area contributed by atoms with Gasteiger partial charge in [0.25, 0.3) is 11.8 Å². The first kappa shape index (κ1) is 30.8. The van der Waals surface area contributed by atoms with Gasteiger partial charge in [-0.2, -0.15) is 0 Å². The van der Waals surface area contributed by atoms with E-state index in [1.165, 1.54) is 24.8 Å². The summed E-state index contributed by atoms with van der Waals surface area (Å²) in [6.07, 6.45) is 1.49. The number of hydrogen-bond acceptors (Lipinski definition) is 6. The second-order valence-electron chi connectivity index (χ2n) is 9.90. The zero-order valence-corrected chi connectivity index (χ0v) is 25.1. The molecule has 0 fully saturated rings. The topological polar surface area (TPSA) is 118 Å². The molecule has 0 unspecified atom stereocenters. The summed E-state index contributed by atoms with van der Waals surface area (Å²) in [6, 6.07) is 35.4. The number of carbonyl (C=O) groups excluding carboxylic acids is 4. The molecule has 3 N–H and O–H groups in total. The number of nitrogens with one attached hydrogen (secondary N) is 3. The maximum atomic E-state index is 13.4. The molecule has 8 nitrogen and oxygen atoms in total. The van der Waals surface area contributed by atoms with E-state index in [0.29, 0.717) is 34.0 Å². The minimum atomic E-state index is -0.535. The number of anilines is 2. The Morgan fingerprint density at radius 1 is 0.689 bits per heavy atom. The molecule has 0 atom stereocenters. The van der Waals surface area contributed by atoms with Crippen molar-refractivity contribution in [2.45, 2.75) is 11.8 Å². The van der Waals surface area contributed by atoms with Gasteiger partial charge in [0.2, 0.25) is 5.91 Å². The summed E-state index contributed by atoms with van der Waals surface area (Å²) in [5, 5.41) is 8.34. The average molecular weight is 616 g/mol. The standard InChI is InChI=1S/C36H29N3O5S/c1-24(40)25-12-14-28(15-13-25)37-34(41)23-45-31-19-16-29(17-20-31)38-36(43)32(39-35(42)27-10-6-3-7-11-27)22-30-18-21-33(44-30)26-8-4-2-5-9-26/h2-22H,23H2,1H3,(H,37,41)(H,38,43)(H,39,42)/b32-22+. The van der Waals surface area contributed by atoms with Crippen LogP contribution in [0.25, 0.3) is 17.4 Å². The highest BCUT2D eigenvalue weighted by molar-refractivity contribution is 8.00. The van der Waals surface area contributed by atoms with Crippen LogP contribution in [-0.4, -0.2) is 29.3 Å². The van der Waals surface area contributed by atoms with Crippen LogP contribution < -0.4 is 16.0 Å². The third kappa shape index (κ3) is 8.68. The molecule has 3 amide bonds. The number of carbonyl (C=O) groups is 4. The van der Waals surface area contributed by atoms with Crippen molar-refractivity contribution in [3.05, 3.63) is 144 Å². The van der Waals surface area contributed by atoms with E-state index in [2.05, 4.69) is 16.0 Å². The summed E-state index contributed by atoms with van der Waals surface area (Å²) in [4.78, 5) is 51.0. The van der Waals surface area contributed by atoms with Crippen LogP contribution >= 0.6 is 11.8 Å². The maximum absolute atomic E-state index is 13.4. The molecule has 4 aromatic carbocycles. The number of hydrogen-bond donors (Lipinski definition) is 3. The Bertz CT molecular complexity index is 1830. The first-order chi connectivity index (χ1) is 21.8. The van der Waals surface area contributed by atoms with Crippen molar-refractivity contribution in [2.75, 3.05) is 16.4 Å². The number of rotatable bonds is 11. The molecule has 45 heavy (non-hydrogen) atoms. The smallest absolute Gasteiger partial charge is 0.272 e. The van der Waals surface area contributed by atoms with Crippen molar-refractivity contribution in [3.8, 4) is 11.3 Å². The van der Waals surface area contributed by atoms with Crippen LogP contribution in [0.2, 0.25) is 0 Å². The Kier molecular flexibility index (Phi) is 10.0. The van der Waals surface area contributed by atoms with Gasteiger partial charge in [-0.1, -0.05) is 48.5 Å². The van der Waals surface area contributed by atoms with Crippen molar-refractivity contribution in [1.29, 1.82) is 0 Å². The van der Waals surface area contributed by atoms with Crippen LogP contribution in [0.3, 0.4) is 0 Å². The highest BCUT2D eigenvalue weighted by Gasteiger charge is 2.16. The van der Waals surface area contributed by atoms with Gasteiger partial charge in [0, 0.05) is 39.0 Å². The van der Waals surface area contributed by atoms with Gasteiger partial charge >= 0.3 is 0 Å². The van der Waals surface area contributed by atoms with Gasteiger partial charge in [0.05, 0.1) is 5.75 Å². The predicted molar refractivity (Wildman–Crippen MR) is 177 cm³/mol. The zero-order valence-electron chi connectivity index (χ0n) is 24.3. The molecule has 5 rings (SSSR count). The number of ketones is 1. The van der Waals surface area contributed by atoms with Crippen molar-refractivity contribution in [3.63, 3.8) is 0 Å². The van der Waals surface area contributed by atoms with Gasteiger partial charge < -0.3 is 20.4 Å². The highest BCUT2D eigenvalue weighted by atomic mass is 32.2. The molecule has 224 valence electrons. The summed E-state index contributed by atoms with van der Waals surface area (Å²) < 4.78 is 5.95. The molecule has 0 aliphatic rings. The number of benzene rings is 4. The summed E-state index contributed by atoms with van der Waals surface area (Å²) >= 11 is 1.34. The lowest BCUT2D eigenvalue weighted by Crippen LogP contribution is -2.30. The summed E-state index contributed by atoms with van der Waals surface area (Å²) in [7, 11) is 0. The van der Waals surface area contributed by atoms with Crippen molar-refractivity contribution >= 4 is 52.7 Å². The molecule has 0 saturated heterocycles. The summed E-state index contributed by atoms with van der Waals surface area (Å²) in [6.45, 7) is 1.49. The Balaban J connectivity index is 1.24. The van der Waals surface area contributed by atoms with Crippen LogP contribution in [0.15, 0.2) is 136 Å². The maximum Gasteiger partial charge on any atom is 0.272 e. The molecule has 1 aromatic heterocycles. The number of furan rings is 1. The van der Waals surface area contributed by atoms with E-state index < -0.39 is 11.8 Å². The molecule has 0 saturated carbocycles. The van der Waals surface area contributed by atoms with Gasteiger partial charge in [-0.05, 0) is 79.7 Å². The van der Waals surface area contributed by atoms with Gasteiger partial charge in [0.15, 0.2) is 5.78 Å². The Morgan fingerprint density at radius 3 is 1.98 bits per heavy atom. The molecule has 0 aliphatic carbocycles. The van der Waals surface area contributed by atoms with Crippen LogP contribution in [0.5, 0.6) is 0 Å². The zero-order chi connectivity index (χ0) is 31.6. The number of amides is 3. The van der Waals surface area contributed by atoms with Crippen molar-refractivity contribution in [1.82, 2.24) is 5.32 Å². The molecule has 1 heterocycles. The molecular formula is C36H29N3O5S. The van der Waals surface area contributed by atoms with Crippen molar-refractivity contribution < 1.29 is 23.6 Å². The average Bonchev–Trinajstić information content (AvgIpc) is 3.54. The molecule has 0 aliphatic heterocycles. The van der Waals surface area contributed by atoms with E-state index >= 15 is 0 Å². The van der Waals surface area contributed by atoms with E-state index in [9.17, 15) is 19.2 Å². The SMILES string of the molecule is CC(=O)c1ccc(NC(=O)CSc2ccc(NC(=O)/C(=C\c3ccc(-c4ccccc4)o3)NC(=O)c3ccccc3)cc2)cc1.